The third-order valence-corrected chi connectivity index (χ3v) is 2.31. The zero-order chi connectivity index (χ0) is 8.48. The summed E-state index contributed by atoms with van der Waals surface area (Å²) < 4.78 is 29.5. The summed E-state index contributed by atoms with van der Waals surface area (Å²) in [6.45, 7) is 0. The maximum Gasteiger partial charge on any atom is 0.296 e. The Morgan fingerprint density at radius 2 is 2.18 bits per heavy atom. The third-order valence-electron chi connectivity index (χ3n) is 1.03. The van der Waals surface area contributed by atoms with Crippen LogP contribution in [-0.2, 0) is 10.1 Å². The molecule has 11 heavy (non-hydrogen) atoms. The number of benzene rings is 1. The zero-order valence-corrected chi connectivity index (χ0v) is 6.85. The molecule has 0 atom stereocenters. The molecule has 0 heterocycles. The topological polar surface area (TPSA) is 54.4 Å². The molecule has 0 aliphatic carbocycles. The van der Waals surface area contributed by atoms with E-state index in [0.29, 0.717) is 0 Å². The molecule has 1 aromatic carbocycles. The van der Waals surface area contributed by atoms with Crippen LogP contribution in [0.2, 0.25) is 5.02 Å². The Hall–Kier alpha value is -0.580. The normalized spacial score (nSPS) is 11.5. The number of hydrogen-bond donors (Lipinski definition) is 1. The first-order valence-corrected chi connectivity index (χ1v) is 4.47. The molecule has 0 amide bonds. The van der Waals surface area contributed by atoms with Gasteiger partial charge in [0, 0.05) is 6.07 Å². The van der Waals surface area contributed by atoms with Crippen LogP contribution < -0.4 is 0 Å². The van der Waals surface area contributed by atoms with Crippen molar-refractivity contribution in [2.75, 3.05) is 0 Å². The summed E-state index contributed by atoms with van der Waals surface area (Å²) in [5, 5.41) is -0.0324. The summed E-state index contributed by atoms with van der Waals surface area (Å²) in [7, 11) is -4.22. The summed E-state index contributed by atoms with van der Waals surface area (Å²) >= 11 is 5.44. The highest BCUT2D eigenvalue weighted by Gasteiger charge is 2.12. The van der Waals surface area contributed by atoms with E-state index in [1.807, 2.05) is 0 Å². The van der Waals surface area contributed by atoms with Crippen LogP contribution in [0, 0.1) is 6.07 Å². The van der Waals surface area contributed by atoms with Gasteiger partial charge in [-0.25, -0.2) is 0 Å². The van der Waals surface area contributed by atoms with Gasteiger partial charge in [0.15, 0.2) is 0 Å². The molecular weight excluding hydrogens is 188 g/mol. The first-order chi connectivity index (χ1) is 5.02. The van der Waals surface area contributed by atoms with Crippen molar-refractivity contribution in [2.24, 2.45) is 0 Å². The first kappa shape index (κ1) is 8.52. The van der Waals surface area contributed by atoms with Crippen molar-refractivity contribution < 1.29 is 13.0 Å². The molecular formula is C6H4ClO3S. The highest BCUT2D eigenvalue weighted by atomic mass is 35.5. The van der Waals surface area contributed by atoms with Crippen LogP contribution in [0.15, 0.2) is 23.1 Å². The maximum absolute atomic E-state index is 10.5. The highest BCUT2D eigenvalue weighted by molar-refractivity contribution is 7.86. The molecule has 1 rings (SSSR count). The average Bonchev–Trinajstić information content (AvgIpc) is 1.86. The average molecular weight is 192 g/mol. The van der Waals surface area contributed by atoms with E-state index in [1.54, 1.807) is 0 Å². The van der Waals surface area contributed by atoms with E-state index in [4.69, 9.17) is 16.2 Å². The molecule has 0 saturated heterocycles. The minimum absolute atomic E-state index is 0.0324. The largest absolute Gasteiger partial charge is 0.296 e. The third kappa shape index (κ3) is 1.92. The fraction of sp³-hybridized carbons (Fsp3) is 0. The number of halogens is 1. The second-order valence-corrected chi connectivity index (χ2v) is 3.59. The second-order valence-electron chi connectivity index (χ2n) is 1.82. The van der Waals surface area contributed by atoms with Crippen molar-refractivity contribution >= 4 is 21.7 Å². The van der Waals surface area contributed by atoms with Gasteiger partial charge in [0.25, 0.3) is 10.1 Å². The maximum atomic E-state index is 10.5. The van der Waals surface area contributed by atoms with Gasteiger partial charge in [-0.15, -0.1) is 0 Å². The zero-order valence-electron chi connectivity index (χ0n) is 5.28. The van der Waals surface area contributed by atoms with Gasteiger partial charge < -0.3 is 0 Å². The van der Waals surface area contributed by atoms with E-state index in [-0.39, 0.29) is 9.92 Å². The summed E-state index contributed by atoms with van der Waals surface area (Å²) in [5.74, 6) is 0. The lowest BCUT2D eigenvalue weighted by Crippen LogP contribution is -1.98. The van der Waals surface area contributed by atoms with Gasteiger partial charge in [0.1, 0.15) is 4.90 Å². The fourth-order valence-corrected chi connectivity index (χ4v) is 1.55. The van der Waals surface area contributed by atoms with Crippen LogP contribution in [-0.4, -0.2) is 13.0 Å². The monoisotopic (exact) mass is 191 g/mol. The van der Waals surface area contributed by atoms with Crippen LogP contribution >= 0.6 is 11.6 Å². The van der Waals surface area contributed by atoms with Crippen LogP contribution in [0.5, 0.6) is 0 Å². The van der Waals surface area contributed by atoms with Gasteiger partial charge in [-0.1, -0.05) is 23.7 Å². The predicted octanol–water partition coefficient (Wildman–Crippen LogP) is 1.39. The molecule has 5 heteroatoms. The summed E-state index contributed by atoms with van der Waals surface area (Å²) in [6, 6.07) is 6.55. The Labute approximate surface area is 69.4 Å². The quantitative estimate of drug-likeness (QED) is 0.683. The van der Waals surface area contributed by atoms with Crippen molar-refractivity contribution in [3.63, 3.8) is 0 Å². The molecule has 59 valence electrons. The van der Waals surface area contributed by atoms with Gasteiger partial charge in [0.2, 0.25) is 0 Å². The smallest absolute Gasteiger partial charge is 0.282 e. The van der Waals surface area contributed by atoms with Gasteiger partial charge in [-0.05, 0) is 6.07 Å². The van der Waals surface area contributed by atoms with Gasteiger partial charge in [-0.2, -0.15) is 8.42 Å². The molecule has 1 aromatic rings. The Balaban J connectivity index is 3.37. The molecule has 1 N–H and O–H groups in total. The van der Waals surface area contributed by atoms with E-state index >= 15 is 0 Å². The summed E-state index contributed by atoms with van der Waals surface area (Å²) in [6.07, 6.45) is 0. The minimum Gasteiger partial charge on any atom is -0.282 e. The van der Waals surface area contributed by atoms with Crippen molar-refractivity contribution in [3.05, 3.63) is 29.3 Å². The molecule has 0 aliphatic rings. The van der Waals surface area contributed by atoms with Crippen LogP contribution in [0.3, 0.4) is 0 Å². The number of hydrogen-bond acceptors (Lipinski definition) is 2. The van der Waals surface area contributed by atoms with Crippen molar-refractivity contribution in [1.29, 1.82) is 0 Å². The molecule has 0 aromatic heterocycles. The lowest BCUT2D eigenvalue weighted by atomic mass is 10.4. The standard InChI is InChI=1S/C6H4ClO3S/c7-5-3-1-2-4-6(5)11(8,9)10/h1-3H,(H,8,9,10). The molecule has 0 spiro atoms. The van der Waals surface area contributed by atoms with E-state index in [2.05, 4.69) is 6.07 Å². The molecule has 0 bridgehead atoms. The Morgan fingerprint density at radius 1 is 1.55 bits per heavy atom. The molecule has 0 unspecified atom stereocenters. The second kappa shape index (κ2) is 2.81. The lowest BCUT2D eigenvalue weighted by molar-refractivity contribution is 0.483. The first-order valence-electron chi connectivity index (χ1n) is 2.65. The predicted molar refractivity (Wildman–Crippen MR) is 40.1 cm³/mol. The number of rotatable bonds is 1. The molecule has 3 nitrogen and oxygen atoms in total. The van der Waals surface area contributed by atoms with Crippen molar-refractivity contribution in [3.8, 4) is 0 Å². The minimum atomic E-state index is -4.22. The lowest BCUT2D eigenvalue weighted by Gasteiger charge is -1.96. The van der Waals surface area contributed by atoms with Gasteiger partial charge in [0.05, 0.1) is 5.02 Å². The Kier molecular flexibility index (Phi) is 2.17. The summed E-state index contributed by atoms with van der Waals surface area (Å²) in [4.78, 5) is -0.387. The SMILES string of the molecule is O=S(=O)(O)c1[c]cccc1Cl. The summed E-state index contributed by atoms with van der Waals surface area (Å²) in [5.41, 5.74) is 0. The van der Waals surface area contributed by atoms with Crippen LogP contribution in [0.25, 0.3) is 0 Å². The van der Waals surface area contributed by atoms with E-state index in [9.17, 15) is 8.42 Å². The molecule has 0 fully saturated rings. The van der Waals surface area contributed by atoms with Crippen molar-refractivity contribution in [2.45, 2.75) is 4.90 Å². The molecule has 0 aliphatic heterocycles. The van der Waals surface area contributed by atoms with E-state index in [0.717, 1.165) is 0 Å². The van der Waals surface area contributed by atoms with E-state index in [1.165, 1.54) is 18.2 Å². The van der Waals surface area contributed by atoms with E-state index < -0.39 is 10.1 Å². The van der Waals surface area contributed by atoms with Gasteiger partial charge >= 0.3 is 0 Å². The Morgan fingerprint density at radius 3 is 2.55 bits per heavy atom. The molecule has 1 radical (unpaired) electrons. The van der Waals surface area contributed by atoms with Crippen LogP contribution in [0.4, 0.5) is 0 Å². The Bertz CT molecular complexity index is 358. The fourth-order valence-electron chi connectivity index (χ4n) is 0.599. The highest BCUT2D eigenvalue weighted by Crippen LogP contribution is 2.18. The van der Waals surface area contributed by atoms with Gasteiger partial charge in [-0.3, -0.25) is 4.55 Å². The van der Waals surface area contributed by atoms with Crippen molar-refractivity contribution in [1.82, 2.24) is 0 Å². The molecule has 0 saturated carbocycles. The van der Waals surface area contributed by atoms with Crippen LogP contribution in [0.1, 0.15) is 0 Å².